The van der Waals surface area contributed by atoms with E-state index in [1.54, 1.807) is 20.8 Å². The zero-order valence-electron chi connectivity index (χ0n) is 12.3. The highest BCUT2D eigenvalue weighted by Crippen LogP contribution is 2.27. The summed E-state index contributed by atoms with van der Waals surface area (Å²) in [5.74, 6) is -1.98. The third-order valence-corrected chi connectivity index (χ3v) is 4.21. The topological polar surface area (TPSA) is 20.3 Å². The zero-order valence-corrected chi connectivity index (χ0v) is 12.3. The van der Waals surface area contributed by atoms with Crippen LogP contribution in [0.4, 0.5) is 8.78 Å². The van der Waals surface area contributed by atoms with Crippen LogP contribution in [0.5, 0.6) is 0 Å². The quantitative estimate of drug-likeness (QED) is 0.787. The number of carbonyl (C=O) groups excluding carboxylic acids is 1. The first kappa shape index (κ1) is 15.1. The van der Waals surface area contributed by atoms with Crippen LogP contribution in [0.2, 0.25) is 0 Å². The van der Waals surface area contributed by atoms with Crippen LogP contribution in [0.25, 0.3) is 0 Å². The minimum absolute atomic E-state index is 0.296. The van der Waals surface area contributed by atoms with E-state index >= 15 is 0 Å². The van der Waals surface area contributed by atoms with Crippen LogP contribution in [-0.2, 0) is 0 Å². The van der Waals surface area contributed by atoms with Crippen molar-refractivity contribution in [1.82, 2.24) is 4.90 Å². The number of likely N-dealkylation sites (tertiary alicyclic amines) is 1. The number of Topliss-reactive ketones (excluding diaryl/α,β-unsaturated/α-hetero) is 1. The van der Waals surface area contributed by atoms with E-state index in [-0.39, 0.29) is 0 Å². The number of halogens is 2. The summed E-state index contributed by atoms with van der Waals surface area (Å²) in [5, 5.41) is 0. The number of rotatable bonds is 3. The Labute approximate surface area is 118 Å². The van der Waals surface area contributed by atoms with Gasteiger partial charge in [0, 0.05) is 0 Å². The molecule has 0 amide bonds. The van der Waals surface area contributed by atoms with Crippen molar-refractivity contribution in [3.8, 4) is 0 Å². The Kier molecular flexibility index (Phi) is 4.23. The first-order valence-electron chi connectivity index (χ1n) is 7.10. The van der Waals surface area contributed by atoms with Gasteiger partial charge in [0.2, 0.25) is 0 Å². The molecule has 0 bridgehead atoms. The molecule has 4 heteroatoms. The molecule has 1 aromatic carbocycles. The maximum absolute atomic E-state index is 14.1. The molecular formula is C16H21F2NO. The molecule has 1 saturated heterocycles. The van der Waals surface area contributed by atoms with Crippen molar-refractivity contribution in [1.29, 1.82) is 0 Å². The van der Waals surface area contributed by atoms with Crippen LogP contribution in [0.1, 0.15) is 49.0 Å². The van der Waals surface area contributed by atoms with Gasteiger partial charge >= 0.3 is 0 Å². The molecule has 1 heterocycles. The van der Waals surface area contributed by atoms with E-state index in [0.717, 1.165) is 38.4 Å². The van der Waals surface area contributed by atoms with Gasteiger partial charge in [-0.3, -0.25) is 9.69 Å². The molecule has 110 valence electrons. The summed E-state index contributed by atoms with van der Waals surface area (Å²) in [4.78, 5) is 14.7. The van der Waals surface area contributed by atoms with Crippen molar-refractivity contribution in [2.24, 2.45) is 0 Å². The summed E-state index contributed by atoms with van der Waals surface area (Å²) >= 11 is 0. The van der Waals surface area contributed by atoms with Crippen molar-refractivity contribution < 1.29 is 13.6 Å². The van der Waals surface area contributed by atoms with Crippen LogP contribution < -0.4 is 0 Å². The number of hydrogen-bond donors (Lipinski definition) is 0. The molecule has 2 nitrogen and oxygen atoms in total. The molecule has 1 aliphatic rings. The molecule has 0 saturated carbocycles. The zero-order chi connectivity index (χ0) is 14.9. The second-order valence-electron chi connectivity index (χ2n) is 5.99. The Morgan fingerprint density at radius 3 is 2.35 bits per heavy atom. The van der Waals surface area contributed by atoms with Crippen molar-refractivity contribution >= 4 is 5.78 Å². The summed E-state index contributed by atoms with van der Waals surface area (Å²) < 4.78 is 28.0. The second kappa shape index (κ2) is 5.60. The fourth-order valence-corrected chi connectivity index (χ4v) is 2.77. The maximum atomic E-state index is 14.1. The van der Waals surface area contributed by atoms with Crippen molar-refractivity contribution in [2.75, 3.05) is 13.1 Å². The maximum Gasteiger partial charge on any atom is 0.188 e. The lowest BCUT2D eigenvalue weighted by Crippen LogP contribution is -2.52. The highest BCUT2D eigenvalue weighted by Gasteiger charge is 2.38. The molecular weight excluding hydrogens is 260 g/mol. The lowest BCUT2D eigenvalue weighted by Gasteiger charge is -2.39. The molecule has 1 aliphatic heterocycles. The van der Waals surface area contributed by atoms with Gasteiger partial charge in [-0.1, -0.05) is 12.5 Å². The lowest BCUT2D eigenvalue weighted by molar-refractivity contribution is 0.0570. The number of benzene rings is 1. The van der Waals surface area contributed by atoms with Gasteiger partial charge in [-0.05, 0) is 58.3 Å². The number of hydrogen-bond acceptors (Lipinski definition) is 2. The van der Waals surface area contributed by atoms with Gasteiger partial charge in [0.25, 0.3) is 0 Å². The summed E-state index contributed by atoms with van der Waals surface area (Å²) in [6.07, 6.45) is 3.19. The van der Waals surface area contributed by atoms with Crippen LogP contribution in [0.15, 0.2) is 12.1 Å². The van der Waals surface area contributed by atoms with Gasteiger partial charge < -0.3 is 0 Å². The van der Waals surface area contributed by atoms with Gasteiger partial charge in [-0.15, -0.1) is 0 Å². The van der Waals surface area contributed by atoms with Crippen molar-refractivity contribution in [3.05, 3.63) is 34.9 Å². The Bertz CT molecular complexity index is 519. The monoisotopic (exact) mass is 281 g/mol. The molecule has 20 heavy (non-hydrogen) atoms. The molecule has 0 radical (unpaired) electrons. The standard InChI is InChI=1S/C16H21F2NO/c1-11-7-8-12(17)13(14(11)18)15(20)16(2,3)19-9-5-4-6-10-19/h7-8H,4-6,9-10H2,1-3H3. The molecule has 0 atom stereocenters. The first-order valence-corrected chi connectivity index (χ1v) is 7.10. The van der Waals surface area contributed by atoms with E-state index in [1.807, 2.05) is 4.90 Å². The first-order chi connectivity index (χ1) is 9.35. The van der Waals surface area contributed by atoms with E-state index in [2.05, 4.69) is 0 Å². The molecule has 0 aliphatic carbocycles. The third kappa shape index (κ3) is 2.62. The van der Waals surface area contributed by atoms with Gasteiger partial charge in [0.1, 0.15) is 11.6 Å². The Morgan fingerprint density at radius 1 is 1.15 bits per heavy atom. The van der Waals surface area contributed by atoms with Crippen LogP contribution in [0, 0.1) is 18.6 Å². The molecule has 2 rings (SSSR count). The van der Waals surface area contributed by atoms with Crippen molar-refractivity contribution in [3.63, 3.8) is 0 Å². The highest BCUT2D eigenvalue weighted by atomic mass is 19.1. The van der Waals surface area contributed by atoms with Crippen LogP contribution in [0.3, 0.4) is 0 Å². The number of aryl methyl sites for hydroxylation is 1. The molecule has 1 fully saturated rings. The molecule has 1 aromatic rings. The number of piperidine rings is 1. The predicted octanol–water partition coefficient (Wildman–Crippen LogP) is 3.72. The van der Waals surface area contributed by atoms with E-state index < -0.39 is 28.5 Å². The molecule has 0 unspecified atom stereocenters. The van der Waals surface area contributed by atoms with E-state index in [4.69, 9.17) is 0 Å². The van der Waals surface area contributed by atoms with E-state index in [0.29, 0.717) is 5.56 Å². The number of nitrogens with zero attached hydrogens (tertiary/aromatic N) is 1. The fraction of sp³-hybridized carbons (Fsp3) is 0.562. The second-order valence-corrected chi connectivity index (χ2v) is 5.99. The van der Waals surface area contributed by atoms with Gasteiger partial charge in [-0.25, -0.2) is 8.78 Å². The molecule has 0 N–H and O–H groups in total. The Hall–Kier alpha value is -1.29. The number of carbonyl (C=O) groups is 1. The van der Waals surface area contributed by atoms with Crippen LogP contribution >= 0.6 is 0 Å². The minimum Gasteiger partial charge on any atom is -0.292 e. The SMILES string of the molecule is Cc1ccc(F)c(C(=O)C(C)(C)N2CCCCC2)c1F. The third-order valence-electron chi connectivity index (χ3n) is 4.21. The minimum atomic E-state index is -0.879. The predicted molar refractivity (Wildman–Crippen MR) is 74.9 cm³/mol. The average molecular weight is 281 g/mol. The summed E-state index contributed by atoms with van der Waals surface area (Å²) in [5.41, 5.74) is -0.986. The summed E-state index contributed by atoms with van der Waals surface area (Å²) in [6.45, 7) is 6.64. The number of ketones is 1. The molecule has 0 aromatic heterocycles. The highest BCUT2D eigenvalue weighted by molar-refractivity contribution is 6.03. The van der Waals surface area contributed by atoms with Crippen LogP contribution in [-0.4, -0.2) is 29.3 Å². The average Bonchev–Trinajstić information content (AvgIpc) is 2.44. The van der Waals surface area contributed by atoms with E-state index in [1.165, 1.54) is 6.07 Å². The lowest BCUT2D eigenvalue weighted by atomic mass is 9.88. The Balaban J connectivity index is 2.37. The smallest absolute Gasteiger partial charge is 0.188 e. The van der Waals surface area contributed by atoms with Gasteiger partial charge in [0.15, 0.2) is 5.78 Å². The van der Waals surface area contributed by atoms with E-state index in [9.17, 15) is 13.6 Å². The summed E-state index contributed by atoms with van der Waals surface area (Å²) in [6, 6.07) is 2.52. The largest absolute Gasteiger partial charge is 0.292 e. The van der Waals surface area contributed by atoms with Gasteiger partial charge in [0.05, 0.1) is 11.1 Å². The van der Waals surface area contributed by atoms with Crippen molar-refractivity contribution in [2.45, 2.75) is 45.6 Å². The fourth-order valence-electron chi connectivity index (χ4n) is 2.77. The summed E-state index contributed by atoms with van der Waals surface area (Å²) in [7, 11) is 0. The Morgan fingerprint density at radius 2 is 1.75 bits per heavy atom. The van der Waals surface area contributed by atoms with Gasteiger partial charge in [-0.2, -0.15) is 0 Å². The molecule has 0 spiro atoms. The normalized spacial score (nSPS) is 17.2.